The van der Waals surface area contributed by atoms with Crippen LogP contribution in [0.1, 0.15) is 17.0 Å². The lowest BCUT2D eigenvalue weighted by atomic mass is 9.91. The molecule has 0 saturated carbocycles. The van der Waals surface area contributed by atoms with Gasteiger partial charge in [-0.25, -0.2) is 0 Å². The van der Waals surface area contributed by atoms with Crippen molar-refractivity contribution in [2.24, 2.45) is 0 Å². The molecule has 0 aromatic heterocycles. The molecular formula is C16H17NO4. The zero-order valence-electron chi connectivity index (χ0n) is 11.7. The summed E-state index contributed by atoms with van der Waals surface area (Å²) in [6, 6.07) is 14.6. The Labute approximate surface area is 123 Å². The van der Waals surface area contributed by atoms with Gasteiger partial charge in [0.2, 0.25) is 6.54 Å². The lowest BCUT2D eigenvalue weighted by Gasteiger charge is -2.16. The van der Waals surface area contributed by atoms with E-state index < -0.39 is 5.92 Å². The van der Waals surface area contributed by atoms with Crippen LogP contribution in [0, 0.1) is 10.1 Å². The van der Waals surface area contributed by atoms with Crippen molar-refractivity contribution in [3.8, 4) is 11.5 Å². The van der Waals surface area contributed by atoms with Crippen molar-refractivity contribution in [2.75, 3.05) is 13.7 Å². The number of rotatable bonds is 6. The summed E-state index contributed by atoms with van der Waals surface area (Å²) >= 11 is 0. The van der Waals surface area contributed by atoms with Gasteiger partial charge in [0.1, 0.15) is 0 Å². The topological polar surface area (TPSA) is 72.6 Å². The Morgan fingerprint density at radius 2 is 1.90 bits per heavy atom. The number of hydrogen-bond acceptors (Lipinski definition) is 4. The molecule has 1 N–H and O–H groups in total. The molecule has 21 heavy (non-hydrogen) atoms. The summed E-state index contributed by atoms with van der Waals surface area (Å²) in [5.74, 6) is -0.103. The second-order valence-electron chi connectivity index (χ2n) is 4.80. The van der Waals surface area contributed by atoms with E-state index in [-0.39, 0.29) is 17.2 Å². The van der Waals surface area contributed by atoms with Crippen LogP contribution >= 0.6 is 0 Å². The van der Waals surface area contributed by atoms with Gasteiger partial charge in [0.25, 0.3) is 0 Å². The van der Waals surface area contributed by atoms with E-state index in [0.29, 0.717) is 17.7 Å². The molecule has 5 nitrogen and oxygen atoms in total. The first-order chi connectivity index (χ1) is 10.1. The van der Waals surface area contributed by atoms with Crippen LogP contribution in [0.4, 0.5) is 0 Å². The average Bonchev–Trinajstić information content (AvgIpc) is 2.47. The van der Waals surface area contributed by atoms with Gasteiger partial charge in [-0.2, -0.15) is 0 Å². The quantitative estimate of drug-likeness (QED) is 0.654. The van der Waals surface area contributed by atoms with Gasteiger partial charge < -0.3 is 9.84 Å². The first-order valence-corrected chi connectivity index (χ1v) is 6.63. The van der Waals surface area contributed by atoms with Crippen LogP contribution in [0.5, 0.6) is 11.5 Å². The number of phenols is 1. The van der Waals surface area contributed by atoms with Crippen molar-refractivity contribution >= 4 is 0 Å². The summed E-state index contributed by atoms with van der Waals surface area (Å²) in [6.45, 7) is -0.240. The average molecular weight is 287 g/mol. The third-order valence-corrected chi connectivity index (χ3v) is 3.38. The number of nitro groups is 1. The summed E-state index contributed by atoms with van der Waals surface area (Å²) in [4.78, 5) is 10.6. The van der Waals surface area contributed by atoms with E-state index >= 15 is 0 Å². The SMILES string of the molecule is COc1cccc(C(Cc2ccccc2)C[N+](=O)[O-])c1O. The molecular weight excluding hydrogens is 270 g/mol. The third-order valence-electron chi connectivity index (χ3n) is 3.38. The minimum absolute atomic E-state index is 0.0252. The molecule has 0 fully saturated rings. The standard InChI is InChI=1S/C16H17NO4/c1-21-15-9-5-8-14(16(15)18)13(11-17(19)20)10-12-6-3-2-4-7-12/h2-9,13,18H,10-11H2,1H3. The molecule has 0 amide bonds. The van der Waals surface area contributed by atoms with Crippen LogP contribution in [-0.4, -0.2) is 23.7 Å². The van der Waals surface area contributed by atoms with Crippen molar-refractivity contribution in [3.05, 3.63) is 69.8 Å². The fraction of sp³-hybridized carbons (Fsp3) is 0.250. The van der Waals surface area contributed by atoms with E-state index in [4.69, 9.17) is 4.74 Å². The Balaban J connectivity index is 2.34. The summed E-state index contributed by atoms with van der Waals surface area (Å²) in [5.41, 5.74) is 1.53. The van der Waals surface area contributed by atoms with E-state index in [9.17, 15) is 15.2 Å². The summed E-state index contributed by atoms with van der Waals surface area (Å²) < 4.78 is 5.07. The van der Waals surface area contributed by atoms with Crippen LogP contribution < -0.4 is 4.74 Å². The smallest absolute Gasteiger partial charge is 0.211 e. The van der Waals surface area contributed by atoms with Gasteiger partial charge >= 0.3 is 0 Å². The molecule has 2 rings (SSSR count). The maximum atomic E-state index is 10.9. The third kappa shape index (κ3) is 3.72. The predicted octanol–water partition coefficient (Wildman–Crippen LogP) is 3.00. The highest BCUT2D eigenvalue weighted by Gasteiger charge is 2.23. The number of benzene rings is 2. The van der Waals surface area contributed by atoms with Crippen LogP contribution in [0.3, 0.4) is 0 Å². The second-order valence-corrected chi connectivity index (χ2v) is 4.80. The molecule has 0 aliphatic heterocycles. The zero-order valence-corrected chi connectivity index (χ0v) is 11.7. The van der Waals surface area contributed by atoms with Gasteiger partial charge in [-0.15, -0.1) is 0 Å². The van der Waals surface area contributed by atoms with Gasteiger partial charge in [0.05, 0.1) is 13.0 Å². The Kier molecular flexibility index (Phi) is 4.77. The van der Waals surface area contributed by atoms with E-state index in [0.717, 1.165) is 5.56 Å². The minimum atomic E-state index is -0.405. The van der Waals surface area contributed by atoms with E-state index in [1.807, 2.05) is 30.3 Å². The van der Waals surface area contributed by atoms with Gasteiger partial charge in [-0.05, 0) is 18.1 Å². The highest BCUT2D eigenvalue weighted by Crippen LogP contribution is 2.35. The van der Waals surface area contributed by atoms with E-state index in [1.165, 1.54) is 7.11 Å². The predicted molar refractivity (Wildman–Crippen MR) is 79.4 cm³/mol. The number of hydrogen-bond donors (Lipinski definition) is 1. The maximum Gasteiger partial charge on any atom is 0.211 e. The highest BCUT2D eigenvalue weighted by atomic mass is 16.6. The zero-order chi connectivity index (χ0) is 15.2. The van der Waals surface area contributed by atoms with Gasteiger partial charge in [-0.1, -0.05) is 42.5 Å². The van der Waals surface area contributed by atoms with Crippen LogP contribution in [0.25, 0.3) is 0 Å². The fourth-order valence-corrected chi connectivity index (χ4v) is 2.38. The van der Waals surface area contributed by atoms with Crippen molar-refractivity contribution in [3.63, 3.8) is 0 Å². The maximum absolute atomic E-state index is 10.9. The van der Waals surface area contributed by atoms with Crippen LogP contribution in [0.15, 0.2) is 48.5 Å². The first-order valence-electron chi connectivity index (χ1n) is 6.63. The van der Waals surface area contributed by atoms with Crippen LogP contribution in [0.2, 0.25) is 0 Å². The molecule has 110 valence electrons. The van der Waals surface area contributed by atoms with Crippen LogP contribution in [-0.2, 0) is 6.42 Å². The number of nitrogens with zero attached hydrogens (tertiary/aromatic N) is 1. The molecule has 2 aromatic rings. The largest absolute Gasteiger partial charge is 0.504 e. The highest BCUT2D eigenvalue weighted by molar-refractivity contribution is 5.47. The molecule has 0 aliphatic carbocycles. The molecule has 0 radical (unpaired) electrons. The molecule has 0 spiro atoms. The molecule has 0 aliphatic rings. The normalized spacial score (nSPS) is 11.9. The summed E-state index contributed by atoms with van der Waals surface area (Å²) in [6.07, 6.45) is 0.489. The number of aromatic hydroxyl groups is 1. The van der Waals surface area contributed by atoms with Crippen molar-refractivity contribution in [1.82, 2.24) is 0 Å². The summed E-state index contributed by atoms with van der Waals surface area (Å²) in [7, 11) is 1.46. The van der Waals surface area contributed by atoms with Gasteiger partial charge in [0, 0.05) is 10.5 Å². The molecule has 0 saturated heterocycles. The number of ether oxygens (including phenoxy) is 1. The molecule has 1 atom stereocenters. The molecule has 1 unspecified atom stereocenters. The van der Waals surface area contributed by atoms with Crippen molar-refractivity contribution < 1.29 is 14.8 Å². The Hall–Kier alpha value is -2.56. The molecule has 0 heterocycles. The Bertz CT molecular complexity index is 613. The van der Waals surface area contributed by atoms with Crippen molar-refractivity contribution in [2.45, 2.75) is 12.3 Å². The van der Waals surface area contributed by atoms with Gasteiger partial charge in [-0.3, -0.25) is 10.1 Å². The van der Waals surface area contributed by atoms with E-state index in [2.05, 4.69) is 0 Å². The molecule has 2 aromatic carbocycles. The van der Waals surface area contributed by atoms with Crippen molar-refractivity contribution in [1.29, 1.82) is 0 Å². The molecule has 5 heteroatoms. The Morgan fingerprint density at radius 1 is 1.19 bits per heavy atom. The number of para-hydroxylation sites is 1. The Morgan fingerprint density at radius 3 is 2.52 bits per heavy atom. The van der Waals surface area contributed by atoms with Gasteiger partial charge in [0.15, 0.2) is 11.5 Å². The first kappa shape index (κ1) is 14.8. The number of methoxy groups -OCH3 is 1. The minimum Gasteiger partial charge on any atom is -0.504 e. The lowest BCUT2D eigenvalue weighted by molar-refractivity contribution is -0.483. The number of phenolic OH excluding ortho intramolecular Hbond substituents is 1. The monoisotopic (exact) mass is 287 g/mol. The lowest BCUT2D eigenvalue weighted by Crippen LogP contribution is -2.15. The molecule has 0 bridgehead atoms. The fourth-order valence-electron chi connectivity index (χ4n) is 2.38. The second kappa shape index (κ2) is 6.74. The summed E-state index contributed by atoms with van der Waals surface area (Å²) in [5, 5.41) is 21.1. The van der Waals surface area contributed by atoms with E-state index in [1.54, 1.807) is 18.2 Å².